The van der Waals surface area contributed by atoms with Crippen LogP contribution in [0.4, 0.5) is 10.5 Å². The molecule has 0 atom stereocenters. The first kappa shape index (κ1) is 13.5. The van der Waals surface area contributed by atoms with Crippen molar-refractivity contribution in [2.24, 2.45) is 0 Å². The fourth-order valence-corrected chi connectivity index (χ4v) is 1.55. The number of urea groups is 1. The number of carbonyl (C=O) groups is 2. The van der Waals surface area contributed by atoms with E-state index in [1.807, 2.05) is 18.5 Å². The van der Waals surface area contributed by atoms with E-state index in [-0.39, 0.29) is 0 Å². The third-order valence-electron chi connectivity index (χ3n) is 1.80. The Morgan fingerprint density at radius 2 is 2.18 bits per heavy atom. The van der Waals surface area contributed by atoms with E-state index in [0.717, 1.165) is 10.0 Å². The molecule has 0 radical (unpaired) electrons. The molecule has 0 aliphatic carbocycles. The minimum Gasteiger partial charge on any atom is -0.479 e. The van der Waals surface area contributed by atoms with Gasteiger partial charge in [0.05, 0.1) is 0 Å². The second-order valence-corrected chi connectivity index (χ2v) is 4.11. The minimum atomic E-state index is -1.16. The van der Waals surface area contributed by atoms with E-state index in [4.69, 9.17) is 5.11 Å². The molecule has 0 saturated heterocycles. The average molecular weight is 303 g/mol. The lowest BCUT2D eigenvalue weighted by Gasteiger charge is -2.09. The number of benzene rings is 1. The maximum atomic E-state index is 11.3. The molecule has 3 N–H and O–H groups in total. The lowest BCUT2D eigenvalue weighted by molar-refractivity contribution is -0.143. The summed E-state index contributed by atoms with van der Waals surface area (Å²) in [5.41, 5.74) is 3.45. The summed E-state index contributed by atoms with van der Waals surface area (Å²) >= 11 is 3.30. The Balaban J connectivity index is 2.48. The van der Waals surface area contributed by atoms with Gasteiger partial charge in [0, 0.05) is 10.2 Å². The van der Waals surface area contributed by atoms with Crippen LogP contribution < -0.4 is 10.8 Å². The largest absolute Gasteiger partial charge is 0.479 e. The maximum absolute atomic E-state index is 11.3. The number of halogens is 1. The Morgan fingerprint density at radius 3 is 2.76 bits per heavy atom. The Bertz CT molecular complexity index is 436. The van der Waals surface area contributed by atoms with E-state index in [2.05, 4.69) is 26.1 Å². The molecule has 0 heterocycles. The highest BCUT2D eigenvalue weighted by Crippen LogP contribution is 2.19. The van der Waals surface area contributed by atoms with Gasteiger partial charge in [-0.15, -0.1) is 0 Å². The maximum Gasteiger partial charge on any atom is 0.343 e. The molecule has 17 heavy (non-hydrogen) atoms. The second-order valence-electron chi connectivity index (χ2n) is 3.20. The molecule has 92 valence electrons. The van der Waals surface area contributed by atoms with Crippen LogP contribution in [0.5, 0.6) is 0 Å². The highest BCUT2D eigenvalue weighted by Gasteiger charge is 2.05. The first-order valence-electron chi connectivity index (χ1n) is 4.66. The molecule has 0 spiro atoms. The third kappa shape index (κ3) is 4.83. The number of aliphatic carboxylic acids is 1. The summed E-state index contributed by atoms with van der Waals surface area (Å²) in [5, 5.41) is 10.8. The van der Waals surface area contributed by atoms with E-state index in [1.165, 1.54) is 0 Å². The number of aryl methyl sites for hydroxylation is 1. The zero-order valence-electron chi connectivity index (χ0n) is 8.99. The number of carboxylic acids is 1. The van der Waals surface area contributed by atoms with Gasteiger partial charge >= 0.3 is 12.0 Å². The van der Waals surface area contributed by atoms with Gasteiger partial charge in [-0.25, -0.2) is 15.1 Å². The van der Waals surface area contributed by atoms with Gasteiger partial charge in [0.25, 0.3) is 0 Å². The van der Waals surface area contributed by atoms with Crippen LogP contribution in [0.3, 0.4) is 0 Å². The highest BCUT2D eigenvalue weighted by atomic mass is 79.9. The van der Waals surface area contributed by atoms with Crippen molar-refractivity contribution in [1.29, 1.82) is 0 Å². The van der Waals surface area contributed by atoms with Crippen LogP contribution in [0.25, 0.3) is 0 Å². The summed E-state index contributed by atoms with van der Waals surface area (Å²) in [5.74, 6) is -1.16. The number of anilines is 1. The molecule has 0 aliphatic rings. The van der Waals surface area contributed by atoms with Gasteiger partial charge in [-0.2, -0.15) is 0 Å². The van der Waals surface area contributed by atoms with Crippen LogP contribution in [-0.4, -0.2) is 23.7 Å². The zero-order chi connectivity index (χ0) is 12.8. The Labute approximate surface area is 106 Å². The predicted octanol–water partition coefficient (Wildman–Crippen LogP) is 1.90. The fourth-order valence-electron chi connectivity index (χ4n) is 1.08. The van der Waals surface area contributed by atoms with E-state index in [9.17, 15) is 9.59 Å². The van der Waals surface area contributed by atoms with Crippen molar-refractivity contribution in [1.82, 2.24) is 5.48 Å². The Morgan fingerprint density at radius 1 is 1.47 bits per heavy atom. The van der Waals surface area contributed by atoms with E-state index < -0.39 is 18.6 Å². The van der Waals surface area contributed by atoms with Gasteiger partial charge in [-0.3, -0.25) is 4.84 Å². The Hall–Kier alpha value is -1.60. The molecule has 2 amide bonds. The number of hydrogen-bond donors (Lipinski definition) is 3. The van der Waals surface area contributed by atoms with E-state index in [0.29, 0.717) is 5.69 Å². The average Bonchev–Trinajstić information content (AvgIpc) is 2.21. The number of hydroxylamine groups is 1. The fraction of sp³-hybridized carbons (Fsp3) is 0.200. The standard InChI is InChI=1S/C10H11BrN2O4/c1-6-4-7(11)2-3-8(6)12-10(16)13-17-5-9(14)15/h2-4H,5H2,1H3,(H,14,15)(H2,12,13,16). The first-order valence-corrected chi connectivity index (χ1v) is 5.45. The minimum absolute atomic E-state index is 0.591. The van der Waals surface area contributed by atoms with Gasteiger partial charge in [0.1, 0.15) is 0 Å². The van der Waals surface area contributed by atoms with E-state index in [1.54, 1.807) is 12.1 Å². The summed E-state index contributed by atoms with van der Waals surface area (Å²) in [4.78, 5) is 25.8. The SMILES string of the molecule is Cc1cc(Br)ccc1NC(=O)NOCC(=O)O. The number of rotatable bonds is 4. The molecule has 0 saturated carbocycles. The predicted molar refractivity (Wildman–Crippen MR) is 64.6 cm³/mol. The third-order valence-corrected chi connectivity index (χ3v) is 2.29. The number of carboxylic acid groups (broad SMARTS) is 1. The van der Waals surface area contributed by atoms with Crippen LogP contribution in [0.15, 0.2) is 22.7 Å². The highest BCUT2D eigenvalue weighted by molar-refractivity contribution is 9.10. The lowest BCUT2D eigenvalue weighted by atomic mass is 10.2. The smallest absolute Gasteiger partial charge is 0.343 e. The van der Waals surface area contributed by atoms with Gasteiger partial charge in [0.15, 0.2) is 6.61 Å². The topological polar surface area (TPSA) is 87.7 Å². The molecule has 0 fully saturated rings. The molecule has 6 nitrogen and oxygen atoms in total. The normalized spacial score (nSPS) is 9.76. The molecule has 1 aromatic rings. The van der Waals surface area contributed by atoms with Gasteiger partial charge in [0.2, 0.25) is 0 Å². The molecule has 1 rings (SSSR count). The van der Waals surface area contributed by atoms with Crippen LogP contribution in [0.2, 0.25) is 0 Å². The number of nitrogens with one attached hydrogen (secondary N) is 2. The van der Waals surface area contributed by atoms with Gasteiger partial charge < -0.3 is 10.4 Å². The van der Waals surface area contributed by atoms with Crippen molar-refractivity contribution in [3.05, 3.63) is 28.2 Å². The van der Waals surface area contributed by atoms with Crippen molar-refractivity contribution in [3.8, 4) is 0 Å². The van der Waals surface area contributed by atoms with Crippen LogP contribution in [0, 0.1) is 6.92 Å². The molecule has 0 aliphatic heterocycles. The van der Waals surface area contributed by atoms with Gasteiger partial charge in [-0.05, 0) is 30.7 Å². The monoisotopic (exact) mass is 302 g/mol. The quantitative estimate of drug-likeness (QED) is 0.741. The Kier molecular flexibility index (Phi) is 4.92. The summed E-state index contributed by atoms with van der Waals surface area (Å²) < 4.78 is 0.906. The number of amides is 2. The van der Waals surface area contributed by atoms with Crippen LogP contribution in [-0.2, 0) is 9.63 Å². The van der Waals surface area contributed by atoms with Crippen molar-refractivity contribution in [3.63, 3.8) is 0 Å². The molecule has 0 bridgehead atoms. The molecular weight excluding hydrogens is 292 g/mol. The summed E-state index contributed by atoms with van der Waals surface area (Å²) in [6.45, 7) is 1.24. The van der Waals surface area contributed by atoms with Gasteiger partial charge in [-0.1, -0.05) is 15.9 Å². The molecular formula is C10H11BrN2O4. The number of carbonyl (C=O) groups excluding carboxylic acids is 1. The van der Waals surface area contributed by atoms with Crippen LogP contribution in [0.1, 0.15) is 5.56 Å². The second kappa shape index (κ2) is 6.21. The zero-order valence-corrected chi connectivity index (χ0v) is 10.6. The van der Waals surface area contributed by atoms with Crippen molar-refractivity contribution >= 4 is 33.6 Å². The van der Waals surface area contributed by atoms with Crippen molar-refractivity contribution < 1.29 is 19.5 Å². The molecule has 0 unspecified atom stereocenters. The summed E-state index contributed by atoms with van der Waals surface area (Å²) in [6.07, 6.45) is 0. The molecule has 0 aromatic heterocycles. The summed E-state index contributed by atoms with van der Waals surface area (Å²) in [6, 6.07) is 4.71. The van der Waals surface area contributed by atoms with E-state index >= 15 is 0 Å². The molecule has 7 heteroatoms. The first-order chi connectivity index (χ1) is 7.99. The lowest BCUT2D eigenvalue weighted by Crippen LogP contribution is -2.31. The number of hydrogen-bond acceptors (Lipinski definition) is 3. The van der Waals surface area contributed by atoms with Crippen LogP contribution >= 0.6 is 15.9 Å². The molecule has 1 aromatic carbocycles. The summed E-state index contributed by atoms with van der Waals surface area (Å²) in [7, 11) is 0. The van der Waals surface area contributed by atoms with Crippen molar-refractivity contribution in [2.75, 3.05) is 11.9 Å². The van der Waals surface area contributed by atoms with Crippen molar-refractivity contribution in [2.45, 2.75) is 6.92 Å².